The minimum Gasteiger partial charge on any atom is -0.444 e. The van der Waals surface area contributed by atoms with E-state index in [4.69, 9.17) is 4.74 Å². The molecule has 0 aliphatic rings. The average molecular weight is 310 g/mol. The summed E-state index contributed by atoms with van der Waals surface area (Å²) in [6.45, 7) is 9.51. The van der Waals surface area contributed by atoms with Crippen molar-refractivity contribution in [3.63, 3.8) is 0 Å². The summed E-state index contributed by atoms with van der Waals surface area (Å²) in [7, 11) is 0. The first-order valence-corrected chi connectivity index (χ1v) is 7.77. The Bertz CT molecular complexity index is 498. The lowest BCUT2D eigenvalue weighted by atomic mass is 10.1. The number of carbonyl (C=O) groups is 1. The zero-order valence-corrected chi connectivity index (χ0v) is 14.1. The van der Waals surface area contributed by atoms with Gasteiger partial charge in [0.2, 0.25) is 0 Å². The number of unbranched alkanes of at least 4 members (excludes halogenated alkanes) is 1. The molecular formula is C17H27FN2O2. The summed E-state index contributed by atoms with van der Waals surface area (Å²) in [5.41, 5.74) is 0.267. The van der Waals surface area contributed by atoms with Gasteiger partial charge < -0.3 is 10.1 Å². The summed E-state index contributed by atoms with van der Waals surface area (Å²) >= 11 is 0. The molecule has 0 radical (unpaired) electrons. The van der Waals surface area contributed by atoms with Crippen LogP contribution in [0.15, 0.2) is 18.2 Å². The molecule has 1 rings (SSSR count). The van der Waals surface area contributed by atoms with Gasteiger partial charge in [0.1, 0.15) is 11.4 Å². The molecule has 0 saturated carbocycles. The molecule has 0 fully saturated rings. The maximum absolute atomic E-state index is 13.8. The van der Waals surface area contributed by atoms with Crippen molar-refractivity contribution in [1.82, 2.24) is 0 Å². The van der Waals surface area contributed by atoms with Gasteiger partial charge in [-0.2, -0.15) is 0 Å². The zero-order valence-electron chi connectivity index (χ0n) is 14.1. The van der Waals surface area contributed by atoms with Crippen molar-refractivity contribution >= 4 is 17.5 Å². The highest BCUT2D eigenvalue weighted by molar-refractivity contribution is 5.85. The molecule has 4 nitrogen and oxygen atoms in total. The Balaban J connectivity index is 2.71. The summed E-state index contributed by atoms with van der Waals surface area (Å²) in [5.74, 6) is -0.488. The summed E-state index contributed by atoms with van der Waals surface area (Å²) < 4.78 is 18.9. The third-order valence-electron chi connectivity index (χ3n) is 3.01. The van der Waals surface area contributed by atoms with E-state index in [0.29, 0.717) is 6.04 Å². The fourth-order valence-corrected chi connectivity index (χ4v) is 1.99. The van der Waals surface area contributed by atoms with Crippen LogP contribution in [0, 0.1) is 5.82 Å². The van der Waals surface area contributed by atoms with E-state index in [1.807, 2.05) is 0 Å². The van der Waals surface area contributed by atoms with Crippen molar-refractivity contribution in [3.8, 4) is 0 Å². The molecule has 1 atom stereocenters. The van der Waals surface area contributed by atoms with Gasteiger partial charge in [0.05, 0.1) is 5.69 Å². The molecule has 22 heavy (non-hydrogen) atoms. The molecule has 5 heteroatoms. The smallest absolute Gasteiger partial charge is 0.412 e. The first-order chi connectivity index (χ1) is 10.2. The lowest BCUT2D eigenvalue weighted by Gasteiger charge is -2.20. The van der Waals surface area contributed by atoms with Crippen LogP contribution in [-0.2, 0) is 4.74 Å². The van der Waals surface area contributed by atoms with Gasteiger partial charge in [0.15, 0.2) is 0 Å². The lowest BCUT2D eigenvalue weighted by Crippen LogP contribution is -2.27. The van der Waals surface area contributed by atoms with Crippen LogP contribution >= 0.6 is 0 Å². The van der Waals surface area contributed by atoms with E-state index in [1.54, 1.807) is 32.9 Å². The van der Waals surface area contributed by atoms with Crippen LogP contribution < -0.4 is 10.6 Å². The van der Waals surface area contributed by atoms with Gasteiger partial charge in [-0.15, -0.1) is 0 Å². The van der Waals surface area contributed by atoms with E-state index in [-0.39, 0.29) is 5.69 Å². The van der Waals surface area contributed by atoms with Gasteiger partial charge in [-0.1, -0.05) is 19.8 Å². The van der Waals surface area contributed by atoms with E-state index in [2.05, 4.69) is 24.5 Å². The van der Waals surface area contributed by atoms with Gasteiger partial charge >= 0.3 is 6.09 Å². The number of anilines is 2. The largest absolute Gasteiger partial charge is 0.444 e. The third kappa shape index (κ3) is 6.78. The number of amides is 1. The first-order valence-electron chi connectivity index (χ1n) is 7.77. The highest BCUT2D eigenvalue weighted by atomic mass is 19.1. The second kappa shape index (κ2) is 8.01. The van der Waals surface area contributed by atoms with Crippen molar-refractivity contribution in [2.24, 2.45) is 0 Å². The van der Waals surface area contributed by atoms with Crippen LogP contribution in [0.5, 0.6) is 0 Å². The SMILES string of the molecule is CCCCC(C)Nc1ccc(F)c(NC(=O)OC(C)(C)C)c1. The zero-order chi connectivity index (χ0) is 16.8. The van der Waals surface area contributed by atoms with Crippen LogP contribution in [0.1, 0.15) is 53.9 Å². The summed E-state index contributed by atoms with van der Waals surface area (Å²) in [4.78, 5) is 11.7. The first kappa shape index (κ1) is 18.3. The van der Waals surface area contributed by atoms with Gasteiger partial charge in [-0.25, -0.2) is 9.18 Å². The van der Waals surface area contributed by atoms with Crippen LogP contribution in [0.4, 0.5) is 20.6 Å². The Labute approximate surface area is 132 Å². The number of nitrogens with one attached hydrogen (secondary N) is 2. The molecule has 0 aromatic heterocycles. The summed E-state index contributed by atoms with van der Waals surface area (Å²) in [5, 5.41) is 5.75. The Morgan fingerprint density at radius 2 is 2.05 bits per heavy atom. The Hall–Kier alpha value is -1.78. The standard InChI is InChI=1S/C17H27FN2O2/c1-6-7-8-12(2)19-13-9-10-14(18)15(11-13)20-16(21)22-17(3,4)5/h9-12,19H,6-8H2,1-5H3,(H,20,21). The number of ether oxygens (including phenoxy) is 1. The quantitative estimate of drug-likeness (QED) is 0.762. The third-order valence-corrected chi connectivity index (χ3v) is 3.01. The molecule has 0 heterocycles. The molecule has 0 bridgehead atoms. The van der Waals surface area contributed by atoms with E-state index in [9.17, 15) is 9.18 Å². The van der Waals surface area contributed by atoms with E-state index in [1.165, 1.54) is 6.07 Å². The van der Waals surface area contributed by atoms with Gasteiger partial charge in [0.25, 0.3) is 0 Å². The molecule has 0 aliphatic carbocycles. The average Bonchev–Trinajstić information content (AvgIpc) is 2.38. The van der Waals surface area contributed by atoms with Gasteiger partial charge in [-0.3, -0.25) is 5.32 Å². The molecule has 1 aromatic carbocycles. The predicted molar refractivity (Wildman–Crippen MR) is 88.9 cm³/mol. The van der Waals surface area contributed by atoms with Crippen LogP contribution in [-0.4, -0.2) is 17.7 Å². The molecule has 124 valence electrons. The molecule has 1 unspecified atom stereocenters. The highest BCUT2D eigenvalue weighted by Gasteiger charge is 2.17. The molecule has 1 amide bonds. The monoisotopic (exact) mass is 310 g/mol. The van der Waals surface area contributed by atoms with Crippen molar-refractivity contribution in [3.05, 3.63) is 24.0 Å². The lowest BCUT2D eigenvalue weighted by molar-refractivity contribution is 0.0635. The molecule has 1 aromatic rings. The highest BCUT2D eigenvalue weighted by Crippen LogP contribution is 2.22. The number of carbonyl (C=O) groups excluding carboxylic acids is 1. The van der Waals surface area contributed by atoms with E-state index < -0.39 is 17.5 Å². The van der Waals surface area contributed by atoms with Crippen molar-refractivity contribution in [2.75, 3.05) is 10.6 Å². The number of benzene rings is 1. The minimum atomic E-state index is -0.664. The van der Waals surface area contributed by atoms with E-state index in [0.717, 1.165) is 24.9 Å². The normalized spacial score (nSPS) is 12.6. The van der Waals surface area contributed by atoms with Crippen LogP contribution in [0.25, 0.3) is 0 Å². The Morgan fingerprint density at radius 1 is 1.36 bits per heavy atom. The maximum atomic E-state index is 13.8. The summed E-state index contributed by atoms with van der Waals surface area (Å²) in [6, 6.07) is 4.88. The molecule has 0 saturated heterocycles. The number of hydrogen-bond acceptors (Lipinski definition) is 3. The molecule has 2 N–H and O–H groups in total. The summed E-state index contributed by atoms with van der Waals surface area (Å²) in [6.07, 6.45) is 2.66. The topological polar surface area (TPSA) is 50.4 Å². The fourth-order valence-electron chi connectivity index (χ4n) is 1.99. The molecule has 0 aliphatic heterocycles. The molecular weight excluding hydrogens is 283 g/mol. The minimum absolute atomic E-state index is 0.113. The number of rotatable bonds is 6. The predicted octanol–water partition coefficient (Wildman–Crippen LogP) is 5.16. The Morgan fingerprint density at radius 3 is 2.64 bits per heavy atom. The Kier molecular flexibility index (Phi) is 6.65. The van der Waals surface area contributed by atoms with Crippen molar-refractivity contribution in [2.45, 2.75) is 65.5 Å². The van der Waals surface area contributed by atoms with Gasteiger partial charge in [-0.05, 0) is 52.3 Å². The fraction of sp³-hybridized carbons (Fsp3) is 0.588. The second-order valence-corrected chi connectivity index (χ2v) is 6.51. The maximum Gasteiger partial charge on any atom is 0.412 e. The van der Waals surface area contributed by atoms with Crippen LogP contribution in [0.3, 0.4) is 0 Å². The number of hydrogen-bond donors (Lipinski definition) is 2. The second-order valence-electron chi connectivity index (χ2n) is 6.51. The molecule has 0 spiro atoms. The number of halogens is 1. The van der Waals surface area contributed by atoms with Gasteiger partial charge in [0, 0.05) is 11.7 Å². The van der Waals surface area contributed by atoms with E-state index >= 15 is 0 Å². The van der Waals surface area contributed by atoms with Crippen molar-refractivity contribution < 1.29 is 13.9 Å². The van der Waals surface area contributed by atoms with Crippen molar-refractivity contribution in [1.29, 1.82) is 0 Å². The van der Waals surface area contributed by atoms with Crippen LogP contribution in [0.2, 0.25) is 0 Å².